The molecule has 0 bridgehead atoms. The molecule has 6 heteroatoms. The van der Waals surface area contributed by atoms with E-state index in [0.717, 1.165) is 5.56 Å². The van der Waals surface area contributed by atoms with Crippen molar-refractivity contribution in [3.8, 4) is 11.5 Å². The van der Waals surface area contributed by atoms with E-state index in [1.807, 2.05) is 39.0 Å². The summed E-state index contributed by atoms with van der Waals surface area (Å²) in [7, 11) is 3.18. The van der Waals surface area contributed by atoms with Crippen LogP contribution in [-0.4, -0.2) is 37.7 Å². The van der Waals surface area contributed by atoms with Gasteiger partial charge in [-0.15, -0.1) is 0 Å². The maximum atomic E-state index is 12.8. The summed E-state index contributed by atoms with van der Waals surface area (Å²) < 4.78 is 10.5. The molecular formula is C20H29NO5. The fourth-order valence-corrected chi connectivity index (χ4v) is 3.89. The Hall–Kier alpha value is -2.24. The molecule has 0 aromatic heterocycles. The second-order valence-electron chi connectivity index (χ2n) is 7.68. The molecule has 0 heterocycles. The van der Waals surface area contributed by atoms with Crippen LogP contribution in [0.5, 0.6) is 11.5 Å². The van der Waals surface area contributed by atoms with E-state index in [0.29, 0.717) is 37.3 Å². The number of ether oxygens (including phenoxy) is 2. The standard InChI is InChI=1S/C20H29NO5/c1-19(2)14(17(22)23)8-10-20(19,3)18(24)21-11-9-13-6-7-15(25-4)16(12-13)26-5/h6-7,12,14H,8-11H2,1-5H3,(H,21,24)(H,22,23)/t14-,20-/m1/s1. The van der Waals surface area contributed by atoms with Gasteiger partial charge in [-0.1, -0.05) is 26.8 Å². The molecule has 1 amide bonds. The van der Waals surface area contributed by atoms with Gasteiger partial charge in [0.05, 0.1) is 25.6 Å². The Morgan fingerprint density at radius 2 is 1.85 bits per heavy atom. The number of carboxylic acid groups (broad SMARTS) is 1. The number of nitrogens with one attached hydrogen (secondary N) is 1. The number of carbonyl (C=O) groups is 2. The molecule has 0 unspecified atom stereocenters. The molecule has 144 valence electrons. The number of rotatable bonds is 7. The van der Waals surface area contributed by atoms with Crippen LogP contribution >= 0.6 is 0 Å². The number of carbonyl (C=O) groups excluding carboxylic acids is 1. The number of carboxylic acids is 1. The Kier molecular flexibility index (Phi) is 5.84. The van der Waals surface area contributed by atoms with Crippen molar-refractivity contribution in [1.82, 2.24) is 5.32 Å². The summed E-state index contributed by atoms with van der Waals surface area (Å²) in [4.78, 5) is 24.3. The van der Waals surface area contributed by atoms with Crippen molar-refractivity contribution in [3.05, 3.63) is 23.8 Å². The van der Waals surface area contributed by atoms with E-state index in [2.05, 4.69) is 5.32 Å². The lowest BCUT2D eigenvalue weighted by atomic mass is 9.65. The van der Waals surface area contributed by atoms with Crippen LogP contribution in [0.4, 0.5) is 0 Å². The van der Waals surface area contributed by atoms with E-state index in [9.17, 15) is 14.7 Å². The van der Waals surface area contributed by atoms with Crippen LogP contribution in [0.1, 0.15) is 39.2 Å². The summed E-state index contributed by atoms with van der Waals surface area (Å²) in [6.07, 6.45) is 1.77. The summed E-state index contributed by atoms with van der Waals surface area (Å²) in [5.41, 5.74) is -0.248. The molecule has 0 aliphatic heterocycles. The summed E-state index contributed by atoms with van der Waals surface area (Å²) in [5, 5.41) is 12.4. The minimum atomic E-state index is -0.822. The van der Waals surface area contributed by atoms with Gasteiger partial charge in [-0.25, -0.2) is 0 Å². The van der Waals surface area contributed by atoms with Gasteiger partial charge in [0.1, 0.15) is 0 Å². The fraction of sp³-hybridized carbons (Fsp3) is 0.600. The summed E-state index contributed by atoms with van der Waals surface area (Å²) in [6.45, 7) is 6.12. The monoisotopic (exact) mass is 363 g/mol. The molecule has 1 aromatic carbocycles. The number of methoxy groups -OCH3 is 2. The lowest BCUT2D eigenvalue weighted by Crippen LogP contribution is -2.48. The number of amides is 1. The van der Waals surface area contributed by atoms with Gasteiger partial charge in [-0.05, 0) is 42.4 Å². The zero-order valence-corrected chi connectivity index (χ0v) is 16.2. The van der Waals surface area contributed by atoms with E-state index in [1.54, 1.807) is 14.2 Å². The number of hydrogen-bond donors (Lipinski definition) is 2. The zero-order valence-electron chi connectivity index (χ0n) is 16.2. The molecule has 0 saturated heterocycles. The SMILES string of the molecule is COc1ccc(CCNC(=O)[C@@]2(C)CC[C@H](C(=O)O)C2(C)C)cc1OC. The van der Waals surface area contributed by atoms with Crippen LogP contribution in [0, 0.1) is 16.7 Å². The first-order valence-electron chi connectivity index (χ1n) is 8.89. The highest BCUT2D eigenvalue weighted by Crippen LogP contribution is 2.56. The molecule has 6 nitrogen and oxygen atoms in total. The number of aliphatic carboxylic acids is 1. The normalized spacial score (nSPS) is 24.1. The Morgan fingerprint density at radius 3 is 2.38 bits per heavy atom. The Balaban J connectivity index is 2.00. The number of hydrogen-bond acceptors (Lipinski definition) is 4. The molecule has 26 heavy (non-hydrogen) atoms. The minimum absolute atomic E-state index is 0.0771. The van der Waals surface area contributed by atoms with E-state index >= 15 is 0 Å². The topological polar surface area (TPSA) is 84.9 Å². The Labute approximate surface area is 154 Å². The lowest BCUT2D eigenvalue weighted by Gasteiger charge is -2.39. The molecule has 0 spiro atoms. The quantitative estimate of drug-likeness (QED) is 0.778. The molecule has 2 atom stereocenters. The fourth-order valence-electron chi connectivity index (χ4n) is 3.89. The van der Waals surface area contributed by atoms with E-state index in [1.165, 1.54) is 0 Å². The first-order valence-corrected chi connectivity index (χ1v) is 8.89. The zero-order chi connectivity index (χ0) is 19.5. The number of benzene rings is 1. The van der Waals surface area contributed by atoms with Gasteiger partial charge in [0, 0.05) is 6.54 Å². The molecule has 2 rings (SSSR count). The average molecular weight is 363 g/mol. The van der Waals surface area contributed by atoms with Crippen molar-refractivity contribution in [1.29, 1.82) is 0 Å². The maximum Gasteiger partial charge on any atom is 0.307 e. The van der Waals surface area contributed by atoms with E-state index in [-0.39, 0.29) is 5.91 Å². The van der Waals surface area contributed by atoms with Gasteiger partial charge >= 0.3 is 5.97 Å². The van der Waals surface area contributed by atoms with Crippen molar-refractivity contribution >= 4 is 11.9 Å². The lowest BCUT2D eigenvalue weighted by molar-refractivity contribution is -0.148. The highest BCUT2D eigenvalue weighted by molar-refractivity contribution is 5.85. The van der Waals surface area contributed by atoms with Gasteiger partial charge in [-0.2, -0.15) is 0 Å². The van der Waals surface area contributed by atoms with E-state index < -0.39 is 22.7 Å². The molecule has 1 aromatic rings. The molecular weight excluding hydrogens is 334 g/mol. The third kappa shape index (κ3) is 3.50. The molecule has 1 aliphatic carbocycles. The average Bonchev–Trinajstić information content (AvgIpc) is 2.85. The molecule has 2 N–H and O–H groups in total. The van der Waals surface area contributed by atoms with Crippen molar-refractivity contribution in [2.24, 2.45) is 16.7 Å². The van der Waals surface area contributed by atoms with Crippen LogP contribution in [0.3, 0.4) is 0 Å². The second kappa shape index (κ2) is 7.56. The van der Waals surface area contributed by atoms with E-state index in [4.69, 9.17) is 9.47 Å². The highest BCUT2D eigenvalue weighted by Gasteiger charge is 2.58. The van der Waals surface area contributed by atoms with Gasteiger partial charge < -0.3 is 19.9 Å². The van der Waals surface area contributed by atoms with Crippen LogP contribution in [0.2, 0.25) is 0 Å². The van der Waals surface area contributed by atoms with Gasteiger partial charge in [0.2, 0.25) is 5.91 Å². The molecule has 0 radical (unpaired) electrons. The molecule has 1 fully saturated rings. The highest BCUT2D eigenvalue weighted by atomic mass is 16.5. The smallest absolute Gasteiger partial charge is 0.307 e. The van der Waals surface area contributed by atoms with Crippen molar-refractivity contribution in [3.63, 3.8) is 0 Å². The summed E-state index contributed by atoms with van der Waals surface area (Å²) >= 11 is 0. The Bertz CT molecular complexity index is 685. The van der Waals surface area contributed by atoms with Gasteiger partial charge in [0.15, 0.2) is 11.5 Å². The third-order valence-electron chi connectivity index (χ3n) is 6.17. The van der Waals surface area contributed by atoms with Crippen molar-refractivity contribution < 1.29 is 24.2 Å². The second-order valence-corrected chi connectivity index (χ2v) is 7.68. The van der Waals surface area contributed by atoms with Crippen molar-refractivity contribution in [2.75, 3.05) is 20.8 Å². The Morgan fingerprint density at radius 1 is 1.19 bits per heavy atom. The van der Waals surface area contributed by atoms with Crippen LogP contribution in [0.25, 0.3) is 0 Å². The third-order valence-corrected chi connectivity index (χ3v) is 6.17. The van der Waals surface area contributed by atoms with Crippen LogP contribution < -0.4 is 14.8 Å². The maximum absolute atomic E-state index is 12.8. The van der Waals surface area contributed by atoms with Crippen molar-refractivity contribution in [2.45, 2.75) is 40.0 Å². The van der Waals surface area contributed by atoms with Crippen LogP contribution in [-0.2, 0) is 16.0 Å². The first-order chi connectivity index (χ1) is 12.2. The van der Waals surface area contributed by atoms with Gasteiger partial charge in [-0.3, -0.25) is 9.59 Å². The summed E-state index contributed by atoms with van der Waals surface area (Å²) in [5.74, 6) is -0.0718. The minimum Gasteiger partial charge on any atom is -0.493 e. The largest absolute Gasteiger partial charge is 0.493 e. The first kappa shape index (κ1) is 20.1. The molecule has 1 aliphatic rings. The van der Waals surface area contributed by atoms with Crippen LogP contribution in [0.15, 0.2) is 18.2 Å². The predicted octanol–water partition coefficient (Wildman–Crippen LogP) is 2.89. The predicted molar refractivity (Wildman–Crippen MR) is 98.5 cm³/mol. The molecule has 1 saturated carbocycles. The summed E-state index contributed by atoms with van der Waals surface area (Å²) in [6, 6.07) is 5.68. The van der Waals surface area contributed by atoms with Gasteiger partial charge in [0.25, 0.3) is 0 Å².